The van der Waals surface area contributed by atoms with Gasteiger partial charge < -0.3 is 9.84 Å². The normalized spacial score (nSPS) is 19.1. The number of hydrogen-bond acceptors (Lipinski definition) is 8. The van der Waals surface area contributed by atoms with E-state index in [1.54, 1.807) is 29.6 Å². The van der Waals surface area contributed by atoms with Crippen molar-refractivity contribution < 1.29 is 23.7 Å². The summed E-state index contributed by atoms with van der Waals surface area (Å²) < 4.78 is 32.5. The summed E-state index contributed by atoms with van der Waals surface area (Å²) in [5.41, 5.74) is 6.13. The van der Waals surface area contributed by atoms with Crippen molar-refractivity contribution in [1.82, 2.24) is 24.3 Å². The molecule has 1 aliphatic heterocycles. The molecule has 0 amide bonds. The Bertz CT molecular complexity index is 1590. The van der Waals surface area contributed by atoms with Crippen LogP contribution in [0.2, 0.25) is 0 Å². The summed E-state index contributed by atoms with van der Waals surface area (Å²) in [7, 11) is -3.39. The number of aromatic nitrogens is 4. The highest BCUT2D eigenvalue weighted by atomic mass is 32.3. The lowest BCUT2D eigenvalue weighted by atomic mass is 9.79. The first kappa shape index (κ1) is 29.0. The Morgan fingerprint density at radius 1 is 1.17 bits per heavy atom. The summed E-state index contributed by atoms with van der Waals surface area (Å²) in [6, 6.07) is 13.2. The number of ether oxygens (including phenoxy) is 1. The fourth-order valence-corrected chi connectivity index (χ4v) is 7.15. The molecule has 2 aromatic carbocycles. The Morgan fingerprint density at radius 3 is 2.66 bits per heavy atom. The van der Waals surface area contributed by atoms with Gasteiger partial charge in [-0.15, -0.1) is 15.9 Å². The molecule has 3 N–H and O–H groups in total. The quantitative estimate of drug-likeness (QED) is 0.229. The van der Waals surface area contributed by atoms with E-state index >= 15 is 0 Å². The van der Waals surface area contributed by atoms with Gasteiger partial charge in [0, 0.05) is 25.2 Å². The fraction of sp³-hybridized carbons (Fsp3) is 0.400. The van der Waals surface area contributed by atoms with Crippen LogP contribution in [0, 0.1) is 19.8 Å². The molecule has 0 fully saturated rings. The van der Waals surface area contributed by atoms with E-state index in [1.807, 2.05) is 62.7 Å². The first-order chi connectivity index (χ1) is 19.6. The maximum absolute atomic E-state index is 12.4. The molecule has 41 heavy (non-hydrogen) atoms. The van der Waals surface area contributed by atoms with E-state index in [-0.39, 0.29) is 23.4 Å². The van der Waals surface area contributed by atoms with Crippen LogP contribution in [0.15, 0.2) is 53.6 Å². The van der Waals surface area contributed by atoms with Crippen molar-refractivity contribution in [3.8, 4) is 5.88 Å². The van der Waals surface area contributed by atoms with Crippen LogP contribution in [-0.2, 0) is 17.9 Å². The molecule has 1 unspecified atom stereocenters. The second kappa shape index (κ2) is 11.4. The number of carboxylic acids is 1. The summed E-state index contributed by atoms with van der Waals surface area (Å²) in [6.45, 7) is 10.9. The van der Waals surface area contributed by atoms with Gasteiger partial charge in [0.1, 0.15) is 16.5 Å². The number of carboxylic acid groups (broad SMARTS) is 1. The largest absolute Gasteiger partial charge is 0.481 e. The summed E-state index contributed by atoms with van der Waals surface area (Å²) in [5.74, 6) is -1.84. The van der Waals surface area contributed by atoms with Gasteiger partial charge in [0.05, 0.1) is 18.0 Å². The summed E-state index contributed by atoms with van der Waals surface area (Å²) in [4.78, 5) is 16.9. The molecule has 0 aliphatic carbocycles. The minimum Gasteiger partial charge on any atom is -0.481 e. The summed E-state index contributed by atoms with van der Waals surface area (Å²) in [6.07, 6.45) is 1.98. The van der Waals surface area contributed by atoms with Crippen LogP contribution in [0.5, 0.6) is 5.88 Å². The third-order valence-electron chi connectivity index (χ3n) is 8.12. The Hall–Kier alpha value is -3.51. The zero-order valence-electron chi connectivity index (χ0n) is 24.0. The van der Waals surface area contributed by atoms with Crippen LogP contribution >= 0.6 is 10.8 Å². The lowest BCUT2D eigenvalue weighted by Crippen LogP contribution is -2.34. The van der Waals surface area contributed by atoms with E-state index in [4.69, 9.17) is 4.74 Å². The fourth-order valence-electron chi connectivity index (χ4n) is 5.58. The molecule has 11 heteroatoms. The van der Waals surface area contributed by atoms with Crippen LogP contribution in [0.1, 0.15) is 60.9 Å². The topological polar surface area (TPSA) is 134 Å². The lowest BCUT2D eigenvalue weighted by molar-refractivity contribution is -0.141. The van der Waals surface area contributed by atoms with E-state index < -0.39 is 28.6 Å². The molecular formula is C30H37N5O5S. The number of aliphatic carboxylic acids is 1. The van der Waals surface area contributed by atoms with E-state index in [0.29, 0.717) is 19.5 Å². The second-order valence-electron chi connectivity index (χ2n) is 10.6. The highest BCUT2D eigenvalue weighted by Crippen LogP contribution is 2.57. The molecule has 3 atom stereocenters. The number of fused-ring (bicyclic) bond motifs is 2. The van der Waals surface area contributed by atoms with Crippen molar-refractivity contribution in [2.24, 2.45) is 5.92 Å². The van der Waals surface area contributed by atoms with Gasteiger partial charge in [-0.1, -0.05) is 43.3 Å². The number of carbonyl (C=O) groups is 1. The van der Waals surface area contributed by atoms with Gasteiger partial charge in [0.15, 0.2) is 0 Å². The average Bonchev–Trinajstić information content (AvgIpc) is 3.34. The second-order valence-corrected chi connectivity index (χ2v) is 12.6. The molecule has 0 saturated heterocycles. The maximum Gasteiger partial charge on any atom is 0.307 e. The number of rotatable bonds is 8. The van der Waals surface area contributed by atoms with E-state index in [2.05, 4.69) is 15.3 Å². The number of benzene rings is 2. The number of pyridine rings is 1. The molecule has 0 bridgehead atoms. The number of aryl methyl sites for hydroxylation is 3. The Morgan fingerprint density at radius 2 is 1.95 bits per heavy atom. The van der Waals surface area contributed by atoms with Crippen molar-refractivity contribution >= 4 is 27.8 Å². The van der Waals surface area contributed by atoms with Crippen LogP contribution < -0.4 is 4.74 Å². The first-order valence-corrected chi connectivity index (χ1v) is 15.4. The molecule has 0 radical (unpaired) electrons. The highest BCUT2D eigenvalue weighted by molar-refractivity contribution is 8.22. The van der Waals surface area contributed by atoms with Crippen molar-refractivity contribution in [2.45, 2.75) is 71.0 Å². The van der Waals surface area contributed by atoms with Crippen molar-refractivity contribution in [2.75, 3.05) is 6.54 Å². The Balaban J connectivity index is 1.58. The van der Waals surface area contributed by atoms with E-state index in [1.165, 1.54) is 0 Å². The smallest absolute Gasteiger partial charge is 0.307 e. The van der Waals surface area contributed by atoms with Gasteiger partial charge in [-0.05, 0) is 73.2 Å². The molecular weight excluding hydrogens is 542 g/mol. The third kappa shape index (κ3) is 5.30. The third-order valence-corrected chi connectivity index (χ3v) is 10.0. The maximum atomic E-state index is 12.4. The number of hydrogen-bond donors (Lipinski definition) is 3. The van der Waals surface area contributed by atoms with Gasteiger partial charge >= 0.3 is 5.97 Å². The Kier molecular flexibility index (Phi) is 8.06. The molecule has 1 aliphatic rings. The molecule has 218 valence electrons. The van der Waals surface area contributed by atoms with Crippen LogP contribution in [-0.4, -0.2) is 57.1 Å². The van der Waals surface area contributed by atoms with Gasteiger partial charge in [-0.3, -0.25) is 13.9 Å². The van der Waals surface area contributed by atoms with Gasteiger partial charge in [-0.2, -0.15) is 4.31 Å². The molecule has 4 aromatic rings. The monoisotopic (exact) mass is 579 g/mol. The predicted molar refractivity (Wildman–Crippen MR) is 158 cm³/mol. The molecule has 0 spiro atoms. The van der Waals surface area contributed by atoms with Crippen LogP contribution in [0.4, 0.5) is 0 Å². The van der Waals surface area contributed by atoms with Crippen LogP contribution in [0.3, 0.4) is 0 Å². The predicted octanol–water partition coefficient (Wildman–Crippen LogP) is 6.01. The molecule has 0 saturated carbocycles. The molecule has 2 aromatic heterocycles. The van der Waals surface area contributed by atoms with Gasteiger partial charge in [0.2, 0.25) is 5.88 Å². The Labute approximate surface area is 241 Å². The minimum absolute atomic E-state index is 0.243. The SMILES string of the molecule is CCC1CN(Cc2cc([C@@H](c3ccc4c(nnn4CC)c3C)[C@@H](C)C(=O)O)ccc2C)S(O)(O)c2cccnc2O1. The van der Waals surface area contributed by atoms with Crippen molar-refractivity contribution in [1.29, 1.82) is 0 Å². The van der Waals surface area contributed by atoms with E-state index in [9.17, 15) is 19.0 Å². The standard InChI is InChI=1S/C30H37N5O5S/c1-6-23-17-34(41(38,39)26-9-8-14-31-29(26)40-23)16-22-15-21(11-10-18(22)3)27(20(5)30(36)37)24-12-13-25-28(19(24)4)32-33-35(25)7-2/h8-15,20,23,27,38-39H,6-7,16-17H2,1-5H3,(H,36,37)/t20-,23?,27+/m1/s1. The van der Waals surface area contributed by atoms with Crippen molar-refractivity contribution in [3.63, 3.8) is 0 Å². The van der Waals surface area contributed by atoms with E-state index in [0.717, 1.165) is 38.9 Å². The van der Waals surface area contributed by atoms with Gasteiger partial charge in [-0.25, -0.2) is 9.67 Å². The molecule has 3 heterocycles. The number of nitrogens with zero attached hydrogens (tertiary/aromatic N) is 5. The highest BCUT2D eigenvalue weighted by Gasteiger charge is 2.36. The first-order valence-electron chi connectivity index (χ1n) is 13.9. The minimum atomic E-state index is -3.39. The van der Waals surface area contributed by atoms with Crippen LogP contribution in [0.25, 0.3) is 11.0 Å². The zero-order chi connectivity index (χ0) is 29.5. The molecule has 10 nitrogen and oxygen atoms in total. The van der Waals surface area contributed by atoms with Gasteiger partial charge in [0.25, 0.3) is 0 Å². The van der Waals surface area contributed by atoms with Crippen molar-refractivity contribution in [3.05, 3.63) is 76.5 Å². The lowest BCUT2D eigenvalue weighted by Gasteiger charge is -2.41. The zero-order valence-corrected chi connectivity index (χ0v) is 24.8. The molecule has 5 rings (SSSR count). The average molecular weight is 580 g/mol. The summed E-state index contributed by atoms with van der Waals surface area (Å²) in [5, 5.41) is 18.8. The summed E-state index contributed by atoms with van der Waals surface area (Å²) >= 11 is 0.